The molecular formula is C29H38N2O4. The van der Waals surface area contributed by atoms with E-state index in [0.29, 0.717) is 18.8 Å². The highest BCUT2D eigenvalue weighted by molar-refractivity contribution is 6.02. The molecule has 1 atom stereocenters. The van der Waals surface area contributed by atoms with E-state index in [1.165, 1.54) is 44.9 Å². The summed E-state index contributed by atoms with van der Waals surface area (Å²) in [4.78, 5) is 12.1. The lowest BCUT2D eigenvalue weighted by molar-refractivity contribution is 0.0476. The summed E-state index contributed by atoms with van der Waals surface area (Å²) in [5, 5.41) is 6.78. The van der Waals surface area contributed by atoms with E-state index in [-0.39, 0.29) is 12.1 Å². The zero-order valence-corrected chi connectivity index (χ0v) is 20.9. The van der Waals surface area contributed by atoms with E-state index in [2.05, 4.69) is 19.1 Å². The minimum Gasteiger partial charge on any atom is -0.494 e. The molecule has 35 heavy (non-hydrogen) atoms. The van der Waals surface area contributed by atoms with E-state index < -0.39 is 0 Å². The van der Waals surface area contributed by atoms with Crippen LogP contribution in [-0.4, -0.2) is 44.2 Å². The van der Waals surface area contributed by atoms with Crippen LogP contribution in [-0.2, 0) is 9.47 Å². The number of ether oxygens (including phenoxy) is 3. The second-order valence-electron chi connectivity index (χ2n) is 9.37. The Bertz CT molecular complexity index is 952. The van der Waals surface area contributed by atoms with Gasteiger partial charge in [-0.15, -0.1) is 0 Å². The van der Waals surface area contributed by atoms with Crippen LogP contribution in [0.25, 0.3) is 0 Å². The second kappa shape index (κ2) is 13.3. The number of carbonyl (C=O) groups is 1. The summed E-state index contributed by atoms with van der Waals surface area (Å²) in [6, 6.07) is 15.7. The molecule has 6 heteroatoms. The maximum absolute atomic E-state index is 12.1. The van der Waals surface area contributed by atoms with E-state index in [1.807, 2.05) is 29.3 Å². The lowest BCUT2D eigenvalue weighted by atomic mass is 10.1. The largest absolute Gasteiger partial charge is 0.494 e. The molecule has 0 N–H and O–H groups in total. The highest BCUT2D eigenvalue weighted by atomic mass is 16.6. The minimum absolute atomic E-state index is 0.0751. The molecule has 1 unspecified atom stereocenters. The van der Waals surface area contributed by atoms with Gasteiger partial charge in [-0.3, -0.25) is 5.01 Å². The molecule has 2 aromatic rings. The summed E-state index contributed by atoms with van der Waals surface area (Å²) in [6.07, 6.45) is 11.4. The first-order chi connectivity index (χ1) is 17.2. The highest BCUT2D eigenvalue weighted by Crippen LogP contribution is 2.24. The monoisotopic (exact) mass is 478 g/mol. The fraction of sp³-hybridized carbons (Fsp3) is 0.517. The number of carbonyl (C=O) groups excluding carboxylic acids is 1. The van der Waals surface area contributed by atoms with Gasteiger partial charge in [-0.25, -0.2) is 4.79 Å². The molecule has 0 aromatic heterocycles. The molecule has 0 radical (unpaired) electrons. The van der Waals surface area contributed by atoms with E-state index in [4.69, 9.17) is 19.3 Å². The summed E-state index contributed by atoms with van der Waals surface area (Å²) in [5.41, 5.74) is 3.69. The summed E-state index contributed by atoms with van der Waals surface area (Å²) in [6.45, 7) is 4.85. The number of unbranched alkanes of at least 4 members (excludes halogenated alkanes) is 7. The van der Waals surface area contributed by atoms with Crippen LogP contribution in [0.1, 0.15) is 80.6 Å². The van der Waals surface area contributed by atoms with Gasteiger partial charge < -0.3 is 14.2 Å². The van der Waals surface area contributed by atoms with Crippen molar-refractivity contribution in [2.24, 2.45) is 5.10 Å². The van der Waals surface area contributed by atoms with E-state index >= 15 is 0 Å². The maximum atomic E-state index is 12.1. The second-order valence-corrected chi connectivity index (χ2v) is 9.37. The maximum Gasteiger partial charge on any atom is 0.338 e. The van der Waals surface area contributed by atoms with Crippen LogP contribution < -0.4 is 9.75 Å². The van der Waals surface area contributed by atoms with Gasteiger partial charge >= 0.3 is 5.97 Å². The van der Waals surface area contributed by atoms with Gasteiger partial charge in [0.2, 0.25) is 0 Å². The van der Waals surface area contributed by atoms with Crippen molar-refractivity contribution in [2.75, 3.05) is 31.4 Å². The van der Waals surface area contributed by atoms with E-state index in [0.717, 1.165) is 48.7 Å². The van der Waals surface area contributed by atoms with Crippen molar-refractivity contribution < 1.29 is 19.0 Å². The standard InChI is InChI=1S/C29H38N2O4/c1-2-3-4-5-6-7-8-9-20-33-26-16-12-23(13-17-26)28-18-19-31(30-28)25-14-10-24(11-15-25)29(32)35-22-27-21-34-27/h10-17,27H,2-9,18-22H2,1H3. The molecular weight excluding hydrogens is 440 g/mol. The number of hydrogen-bond acceptors (Lipinski definition) is 6. The zero-order valence-electron chi connectivity index (χ0n) is 20.9. The quantitative estimate of drug-likeness (QED) is 0.169. The third kappa shape index (κ3) is 8.10. The Morgan fingerprint density at radius 1 is 0.971 bits per heavy atom. The number of rotatable bonds is 15. The van der Waals surface area contributed by atoms with Gasteiger partial charge in [0.1, 0.15) is 18.5 Å². The Labute approximate surface area is 209 Å². The molecule has 0 amide bonds. The van der Waals surface area contributed by atoms with Crippen LogP contribution in [0, 0.1) is 0 Å². The third-order valence-corrected chi connectivity index (χ3v) is 6.46. The molecule has 0 saturated carbocycles. The fourth-order valence-electron chi connectivity index (χ4n) is 4.20. The number of nitrogens with zero attached hydrogens (tertiary/aromatic N) is 2. The van der Waals surface area contributed by atoms with Gasteiger partial charge in [0.15, 0.2) is 0 Å². The van der Waals surface area contributed by atoms with E-state index in [1.54, 1.807) is 12.1 Å². The van der Waals surface area contributed by atoms with Crippen LogP contribution in [0.4, 0.5) is 5.69 Å². The molecule has 1 saturated heterocycles. The van der Waals surface area contributed by atoms with Crippen molar-refractivity contribution >= 4 is 17.4 Å². The number of epoxide rings is 1. The Morgan fingerprint density at radius 3 is 2.34 bits per heavy atom. The zero-order chi connectivity index (χ0) is 24.3. The van der Waals surface area contributed by atoms with Crippen molar-refractivity contribution in [1.29, 1.82) is 0 Å². The predicted octanol–water partition coefficient (Wildman–Crippen LogP) is 6.38. The topological polar surface area (TPSA) is 63.7 Å². The summed E-state index contributed by atoms with van der Waals surface area (Å²) < 4.78 is 16.2. The van der Waals surface area contributed by atoms with Gasteiger partial charge in [0.05, 0.1) is 30.2 Å². The minimum atomic E-state index is -0.317. The molecule has 2 heterocycles. The van der Waals surface area contributed by atoms with Crippen LogP contribution in [0.3, 0.4) is 0 Å². The average Bonchev–Trinajstić information content (AvgIpc) is 3.60. The van der Waals surface area contributed by atoms with Gasteiger partial charge in [0.25, 0.3) is 0 Å². The highest BCUT2D eigenvalue weighted by Gasteiger charge is 2.24. The van der Waals surface area contributed by atoms with Gasteiger partial charge in [-0.1, -0.05) is 51.9 Å². The molecule has 6 nitrogen and oxygen atoms in total. The van der Waals surface area contributed by atoms with Crippen molar-refractivity contribution in [3.8, 4) is 5.75 Å². The van der Waals surface area contributed by atoms with Crippen molar-refractivity contribution in [3.63, 3.8) is 0 Å². The van der Waals surface area contributed by atoms with Crippen LogP contribution >= 0.6 is 0 Å². The van der Waals surface area contributed by atoms with Crippen molar-refractivity contribution in [1.82, 2.24) is 0 Å². The molecule has 1 fully saturated rings. The molecule has 2 aromatic carbocycles. The first-order valence-electron chi connectivity index (χ1n) is 13.2. The Morgan fingerprint density at radius 2 is 1.66 bits per heavy atom. The molecule has 2 aliphatic rings. The van der Waals surface area contributed by atoms with Gasteiger partial charge in [0, 0.05) is 13.0 Å². The lowest BCUT2D eigenvalue weighted by Gasteiger charge is -2.13. The smallest absolute Gasteiger partial charge is 0.338 e. The molecule has 2 aliphatic heterocycles. The van der Waals surface area contributed by atoms with E-state index in [9.17, 15) is 4.79 Å². The summed E-state index contributed by atoms with van der Waals surface area (Å²) in [7, 11) is 0. The van der Waals surface area contributed by atoms with Crippen LogP contribution in [0.5, 0.6) is 5.75 Å². The normalized spacial score (nSPS) is 16.8. The first kappa shape index (κ1) is 25.2. The number of esters is 1. The SMILES string of the molecule is CCCCCCCCCCOc1ccc(C2=NN(c3ccc(C(=O)OCC4CO4)cc3)CC2)cc1. The average molecular weight is 479 g/mol. The number of hydrogen-bond donors (Lipinski definition) is 0. The fourth-order valence-corrected chi connectivity index (χ4v) is 4.20. The predicted molar refractivity (Wildman–Crippen MR) is 140 cm³/mol. The molecule has 0 bridgehead atoms. The number of anilines is 1. The Balaban J connectivity index is 1.19. The van der Waals surface area contributed by atoms with Crippen LogP contribution in [0.2, 0.25) is 0 Å². The summed E-state index contributed by atoms with van der Waals surface area (Å²) in [5.74, 6) is 0.602. The summed E-state index contributed by atoms with van der Waals surface area (Å²) >= 11 is 0. The van der Waals surface area contributed by atoms with Gasteiger partial charge in [-0.2, -0.15) is 5.10 Å². The number of benzene rings is 2. The molecule has 0 spiro atoms. The molecule has 0 aliphatic carbocycles. The van der Waals surface area contributed by atoms with Crippen molar-refractivity contribution in [3.05, 3.63) is 59.7 Å². The number of hydrazone groups is 1. The third-order valence-electron chi connectivity index (χ3n) is 6.46. The van der Waals surface area contributed by atoms with Crippen LogP contribution in [0.15, 0.2) is 53.6 Å². The lowest BCUT2D eigenvalue weighted by Crippen LogP contribution is -2.13. The molecule has 4 rings (SSSR count). The molecule has 188 valence electrons. The van der Waals surface area contributed by atoms with Crippen molar-refractivity contribution in [2.45, 2.75) is 70.8 Å². The van der Waals surface area contributed by atoms with Gasteiger partial charge in [-0.05, 0) is 60.5 Å². The first-order valence-corrected chi connectivity index (χ1v) is 13.2. The Hall–Kier alpha value is -2.86. The Kier molecular flexibility index (Phi) is 9.58.